The van der Waals surface area contributed by atoms with Crippen molar-refractivity contribution in [1.29, 1.82) is 0 Å². The van der Waals surface area contributed by atoms with Crippen LogP contribution in [0.15, 0.2) is 0 Å². The number of carboxylic acids is 1. The first kappa shape index (κ1) is 10.1. The maximum absolute atomic E-state index is 9.51. The van der Waals surface area contributed by atoms with E-state index >= 15 is 0 Å². The molecule has 0 aliphatic carbocycles. The number of aliphatic carboxylic acids is 1. The Hall–Kier alpha value is 0.0534. The maximum Gasteiger partial charge on any atom is 0.383 e. The van der Waals surface area contributed by atoms with Gasteiger partial charge in [0.05, 0.1) is 0 Å². The molecule has 38 valence electrons. The molecule has 0 amide bonds. The molecule has 1 unspecified atom stereocenters. The first-order valence-corrected chi connectivity index (χ1v) is 1.58. The minimum atomic E-state index is -1.07. The van der Waals surface area contributed by atoms with Crippen LogP contribution in [0.25, 0.3) is 0 Å². The fourth-order valence-corrected chi connectivity index (χ4v) is 0. The van der Waals surface area contributed by atoms with Gasteiger partial charge in [0.1, 0.15) is 0 Å². The smallest absolute Gasteiger partial charge is 0.383 e. The number of carbonyl (C=O) groups is 1. The Morgan fingerprint density at radius 2 is 2.00 bits per heavy atom. The summed E-state index contributed by atoms with van der Waals surface area (Å²) >= 11 is 0. The first-order chi connectivity index (χ1) is 2.64. The Labute approximate surface area is 54.1 Å². The summed E-state index contributed by atoms with van der Waals surface area (Å²) in [6.07, 6.45) is -0.981. The summed E-state index contributed by atoms with van der Waals surface area (Å²) in [7, 11) is 0. The predicted octanol–water partition coefficient (Wildman–Crippen LogP) is -0.818. The van der Waals surface area contributed by atoms with E-state index < -0.39 is 12.1 Å². The van der Waals surface area contributed by atoms with Gasteiger partial charge in [0.25, 0.3) is 0 Å². The second kappa shape index (κ2) is 4.22. The molecule has 0 fully saturated rings. The predicted molar refractivity (Wildman–Crippen MR) is 20.7 cm³/mol. The maximum atomic E-state index is 9.51. The van der Waals surface area contributed by atoms with E-state index in [2.05, 4.69) is 0 Å². The van der Waals surface area contributed by atoms with Gasteiger partial charge in [-0.25, -0.2) is 4.79 Å². The minimum absolute atomic E-state index is 0. The van der Waals surface area contributed by atoms with Crippen LogP contribution in [0.5, 0.6) is 0 Å². The van der Waals surface area contributed by atoms with Crippen molar-refractivity contribution in [3.63, 3.8) is 0 Å². The molecule has 0 rings (SSSR count). The van der Waals surface area contributed by atoms with E-state index in [1.54, 1.807) is 0 Å². The SMILES string of the molecule is CC([OH2+])C(=O)O.[Zn]. The van der Waals surface area contributed by atoms with E-state index in [0.717, 1.165) is 0 Å². The standard InChI is InChI=1S/C3H6O3.Zn/c1-2(4)3(5)6;/h2,4H,1H3,(H,5,6);/p+1. The van der Waals surface area contributed by atoms with Gasteiger partial charge in [-0.15, -0.1) is 0 Å². The topological polar surface area (TPSA) is 60.2 Å². The van der Waals surface area contributed by atoms with Crippen LogP contribution >= 0.6 is 0 Å². The van der Waals surface area contributed by atoms with Crippen molar-refractivity contribution in [2.45, 2.75) is 13.0 Å². The van der Waals surface area contributed by atoms with Gasteiger partial charge in [0.15, 0.2) is 0 Å². The van der Waals surface area contributed by atoms with Gasteiger partial charge in [-0.3, -0.25) is 0 Å². The summed E-state index contributed by atoms with van der Waals surface area (Å²) in [5.74, 6) is -1.07. The summed E-state index contributed by atoms with van der Waals surface area (Å²) in [6, 6.07) is 0. The number of hydrogen-bond acceptors (Lipinski definition) is 1. The third kappa shape index (κ3) is 6.05. The molecule has 0 heterocycles. The molecule has 0 saturated carbocycles. The van der Waals surface area contributed by atoms with Gasteiger partial charge in [-0.05, 0) is 0 Å². The summed E-state index contributed by atoms with van der Waals surface area (Å²) in [6.45, 7) is 1.31. The molecule has 1 atom stereocenters. The Morgan fingerprint density at radius 1 is 1.86 bits per heavy atom. The number of hydrogen-bond donors (Lipinski definition) is 1. The summed E-state index contributed by atoms with van der Waals surface area (Å²) in [4.78, 5) is 9.51. The van der Waals surface area contributed by atoms with Crippen LogP contribution in [-0.2, 0) is 24.3 Å². The molecule has 0 spiro atoms. The Morgan fingerprint density at radius 3 is 2.00 bits per heavy atom. The van der Waals surface area contributed by atoms with E-state index in [4.69, 9.17) is 10.2 Å². The van der Waals surface area contributed by atoms with Crippen LogP contribution in [0.2, 0.25) is 0 Å². The normalized spacial score (nSPS) is 11.7. The minimum Gasteiger partial charge on any atom is -0.475 e. The van der Waals surface area contributed by atoms with Crippen LogP contribution in [0.1, 0.15) is 6.92 Å². The molecule has 0 radical (unpaired) electrons. The summed E-state index contributed by atoms with van der Waals surface area (Å²) in [5.41, 5.74) is 0. The van der Waals surface area contributed by atoms with E-state index in [1.807, 2.05) is 0 Å². The third-order valence-electron chi connectivity index (χ3n) is 0.370. The van der Waals surface area contributed by atoms with Gasteiger partial charge in [-0.1, -0.05) is 0 Å². The molecule has 0 saturated heterocycles. The van der Waals surface area contributed by atoms with E-state index in [1.165, 1.54) is 6.92 Å². The first-order valence-electron chi connectivity index (χ1n) is 1.58. The van der Waals surface area contributed by atoms with Crippen molar-refractivity contribution >= 4 is 5.97 Å². The molecule has 3 N–H and O–H groups in total. The Bertz CT molecular complexity index is 61.2. The second-order valence-corrected chi connectivity index (χ2v) is 1.06. The molecule has 0 bridgehead atoms. The van der Waals surface area contributed by atoms with Crippen molar-refractivity contribution in [3.8, 4) is 0 Å². The molecule has 3 nitrogen and oxygen atoms in total. The quantitative estimate of drug-likeness (QED) is 0.398. The van der Waals surface area contributed by atoms with Gasteiger partial charge in [-0.2, -0.15) is 0 Å². The molecule has 0 aliphatic rings. The fraction of sp³-hybridized carbons (Fsp3) is 0.667. The van der Waals surface area contributed by atoms with Crippen molar-refractivity contribution in [1.82, 2.24) is 0 Å². The summed E-state index contributed by atoms with van der Waals surface area (Å²) < 4.78 is 0. The molecule has 7 heavy (non-hydrogen) atoms. The molecule has 0 aromatic rings. The van der Waals surface area contributed by atoms with Crippen molar-refractivity contribution in [3.05, 3.63) is 0 Å². The van der Waals surface area contributed by atoms with E-state index in [0.29, 0.717) is 0 Å². The molecule has 0 aromatic heterocycles. The fourth-order valence-electron chi connectivity index (χ4n) is 0. The third-order valence-corrected chi connectivity index (χ3v) is 0.370. The molecule has 0 aromatic carbocycles. The van der Waals surface area contributed by atoms with Crippen molar-refractivity contribution in [2.75, 3.05) is 0 Å². The van der Waals surface area contributed by atoms with Crippen molar-refractivity contribution < 1.29 is 34.5 Å². The Balaban J connectivity index is 0. The second-order valence-electron chi connectivity index (χ2n) is 1.06. The average molecular weight is 156 g/mol. The molecule has 0 aliphatic heterocycles. The van der Waals surface area contributed by atoms with Gasteiger partial charge in [0, 0.05) is 26.4 Å². The zero-order chi connectivity index (χ0) is 5.15. The zero-order valence-corrected chi connectivity index (χ0v) is 7.11. The zero-order valence-electron chi connectivity index (χ0n) is 4.14. The van der Waals surface area contributed by atoms with Crippen LogP contribution in [-0.4, -0.2) is 22.3 Å². The van der Waals surface area contributed by atoms with E-state index in [-0.39, 0.29) is 19.5 Å². The van der Waals surface area contributed by atoms with Crippen LogP contribution in [0.4, 0.5) is 0 Å². The monoisotopic (exact) mass is 155 g/mol. The molecule has 4 heteroatoms. The van der Waals surface area contributed by atoms with Gasteiger partial charge in [0.2, 0.25) is 6.10 Å². The van der Waals surface area contributed by atoms with E-state index in [9.17, 15) is 4.79 Å². The summed E-state index contributed by atoms with van der Waals surface area (Å²) in [5, 5.41) is 14.2. The van der Waals surface area contributed by atoms with Crippen molar-refractivity contribution in [2.24, 2.45) is 0 Å². The molecular formula is C3H7O3Zn+. The number of carboxylic acid groups (broad SMARTS) is 1. The van der Waals surface area contributed by atoms with Crippen LogP contribution in [0, 0.1) is 0 Å². The molecular weight excluding hydrogens is 149 g/mol. The Kier molecular flexibility index (Phi) is 6.10. The average Bonchev–Trinajstić information content (AvgIpc) is 1.36. The van der Waals surface area contributed by atoms with Crippen LogP contribution < -0.4 is 0 Å². The van der Waals surface area contributed by atoms with Gasteiger partial charge >= 0.3 is 5.97 Å². The van der Waals surface area contributed by atoms with Crippen LogP contribution in [0.3, 0.4) is 0 Å². The largest absolute Gasteiger partial charge is 0.475 e. The number of rotatable bonds is 1. The van der Waals surface area contributed by atoms with Gasteiger partial charge < -0.3 is 10.2 Å².